The van der Waals surface area contributed by atoms with E-state index >= 15 is 0 Å². The molecule has 3 heterocycles. The van der Waals surface area contributed by atoms with E-state index in [1.165, 1.54) is 12.1 Å². The summed E-state index contributed by atoms with van der Waals surface area (Å²) >= 11 is 0. The third-order valence-corrected chi connectivity index (χ3v) is 5.90. The Bertz CT molecular complexity index is 1310. The van der Waals surface area contributed by atoms with E-state index < -0.39 is 6.36 Å². The monoisotopic (exact) mass is 480 g/mol. The third kappa shape index (κ3) is 5.46. The average molecular weight is 480 g/mol. The summed E-state index contributed by atoms with van der Waals surface area (Å²) in [5.74, 6) is 1.15. The molecule has 0 bridgehead atoms. The maximum Gasteiger partial charge on any atom is 0.573 e. The molecule has 6 nitrogen and oxygen atoms in total. The predicted molar refractivity (Wildman–Crippen MR) is 125 cm³/mol. The van der Waals surface area contributed by atoms with Gasteiger partial charge in [0, 0.05) is 37.6 Å². The van der Waals surface area contributed by atoms with E-state index in [-0.39, 0.29) is 5.75 Å². The molecule has 0 atom stereocenters. The van der Waals surface area contributed by atoms with Gasteiger partial charge in [0.05, 0.1) is 11.4 Å². The van der Waals surface area contributed by atoms with Crippen LogP contribution in [-0.4, -0.2) is 39.1 Å². The number of aromatic nitrogens is 3. The van der Waals surface area contributed by atoms with Crippen molar-refractivity contribution < 1.29 is 22.3 Å². The minimum Gasteiger partial charge on any atom is -0.441 e. The number of rotatable bonds is 6. The Morgan fingerprint density at radius 2 is 1.77 bits per heavy atom. The summed E-state index contributed by atoms with van der Waals surface area (Å²) in [6.45, 7) is 4.10. The average Bonchev–Trinajstić information content (AvgIpc) is 3.50. The van der Waals surface area contributed by atoms with E-state index in [1.807, 2.05) is 43.5 Å². The van der Waals surface area contributed by atoms with Crippen molar-refractivity contribution in [3.8, 4) is 22.9 Å². The Morgan fingerprint density at radius 3 is 2.40 bits per heavy atom. The lowest BCUT2D eigenvalue weighted by molar-refractivity contribution is -0.274. The van der Waals surface area contributed by atoms with Crippen LogP contribution in [0.1, 0.15) is 23.4 Å². The first-order valence-electron chi connectivity index (χ1n) is 11.2. The van der Waals surface area contributed by atoms with Crippen LogP contribution in [0.15, 0.2) is 77.5 Å². The van der Waals surface area contributed by atoms with Crippen LogP contribution in [-0.2, 0) is 6.54 Å². The van der Waals surface area contributed by atoms with Crippen LogP contribution < -0.4 is 4.74 Å². The fourth-order valence-electron chi connectivity index (χ4n) is 4.08. The molecule has 180 valence electrons. The van der Waals surface area contributed by atoms with Crippen molar-refractivity contribution in [3.63, 3.8) is 0 Å². The predicted octanol–water partition coefficient (Wildman–Crippen LogP) is 6.02. The maximum atomic E-state index is 12.4. The summed E-state index contributed by atoms with van der Waals surface area (Å²) < 4.78 is 48.8. The van der Waals surface area contributed by atoms with Gasteiger partial charge in [-0.1, -0.05) is 18.2 Å². The van der Waals surface area contributed by atoms with Crippen LogP contribution in [0.4, 0.5) is 13.2 Å². The molecule has 0 fully saturated rings. The molecule has 0 radical (unpaired) electrons. The number of ether oxygens (including phenoxy) is 1. The molecule has 9 heteroatoms. The molecule has 35 heavy (non-hydrogen) atoms. The van der Waals surface area contributed by atoms with E-state index in [4.69, 9.17) is 9.40 Å². The second kappa shape index (κ2) is 9.42. The van der Waals surface area contributed by atoms with Crippen molar-refractivity contribution in [3.05, 3.63) is 90.1 Å². The van der Waals surface area contributed by atoms with Crippen LogP contribution in [0.3, 0.4) is 0 Å². The normalized spacial score (nSPS) is 14.7. The molecule has 1 aliphatic rings. The Balaban J connectivity index is 1.22. The topological polar surface area (TPSA) is 56.3 Å². The van der Waals surface area contributed by atoms with Crippen molar-refractivity contribution in [2.45, 2.75) is 26.3 Å². The molecule has 2 aromatic carbocycles. The lowest BCUT2D eigenvalue weighted by Crippen LogP contribution is -2.28. The molecule has 0 amide bonds. The van der Waals surface area contributed by atoms with Crippen molar-refractivity contribution >= 4 is 5.57 Å². The molecule has 4 aromatic rings. The second-order valence-corrected chi connectivity index (χ2v) is 8.31. The Hall–Kier alpha value is -3.85. The van der Waals surface area contributed by atoms with Crippen molar-refractivity contribution in [1.29, 1.82) is 0 Å². The van der Waals surface area contributed by atoms with Gasteiger partial charge in [-0.15, -0.1) is 13.2 Å². The zero-order valence-corrected chi connectivity index (χ0v) is 19.0. The smallest absolute Gasteiger partial charge is 0.441 e. The van der Waals surface area contributed by atoms with Gasteiger partial charge in [-0.2, -0.15) is 5.10 Å². The lowest BCUT2D eigenvalue weighted by Gasteiger charge is -2.25. The number of nitrogens with zero attached hydrogens (tertiary/aromatic N) is 4. The Kier molecular flexibility index (Phi) is 6.17. The van der Waals surface area contributed by atoms with Gasteiger partial charge in [-0.3, -0.25) is 4.90 Å². The fraction of sp³-hybridized carbons (Fsp3) is 0.231. The summed E-state index contributed by atoms with van der Waals surface area (Å²) in [7, 11) is 0. The van der Waals surface area contributed by atoms with Gasteiger partial charge in [-0.05, 0) is 66.9 Å². The summed E-state index contributed by atoms with van der Waals surface area (Å²) in [6.07, 6.45) is 1.83. The van der Waals surface area contributed by atoms with Gasteiger partial charge in [0.2, 0.25) is 5.89 Å². The Labute approximate surface area is 200 Å². The number of hydrogen-bond acceptors (Lipinski definition) is 5. The molecule has 0 saturated carbocycles. The fourth-order valence-corrected chi connectivity index (χ4v) is 4.08. The van der Waals surface area contributed by atoms with Crippen LogP contribution in [0.5, 0.6) is 5.75 Å². The molecule has 0 unspecified atom stereocenters. The molecule has 0 saturated heterocycles. The largest absolute Gasteiger partial charge is 0.573 e. The first kappa shape index (κ1) is 22.9. The van der Waals surface area contributed by atoms with Crippen LogP contribution in [0.25, 0.3) is 22.7 Å². The third-order valence-electron chi connectivity index (χ3n) is 5.90. The van der Waals surface area contributed by atoms with Crippen molar-refractivity contribution in [2.75, 3.05) is 13.1 Å². The van der Waals surface area contributed by atoms with E-state index in [1.54, 1.807) is 23.0 Å². The van der Waals surface area contributed by atoms with Crippen LogP contribution in [0.2, 0.25) is 0 Å². The molecular weight excluding hydrogens is 457 g/mol. The highest BCUT2D eigenvalue weighted by Gasteiger charge is 2.31. The van der Waals surface area contributed by atoms with Gasteiger partial charge < -0.3 is 9.15 Å². The zero-order valence-electron chi connectivity index (χ0n) is 19.0. The molecule has 1 aliphatic heterocycles. The summed E-state index contributed by atoms with van der Waals surface area (Å²) in [5, 5.41) is 4.23. The molecule has 0 spiro atoms. The summed E-state index contributed by atoms with van der Waals surface area (Å²) in [4.78, 5) is 6.99. The molecule has 0 aliphatic carbocycles. The van der Waals surface area contributed by atoms with Gasteiger partial charge in [0.1, 0.15) is 11.5 Å². The first-order valence-corrected chi connectivity index (χ1v) is 11.2. The number of alkyl halides is 3. The maximum absolute atomic E-state index is 12.4. The van der Waals surface area contributed by atoms with Gasteiger partial charge in [0.15, 0.2) is 0 Å². The second-order valence-electron chi connectivity index (χ2n) is 8.31. The minimum absolute atomic E-state index is 0.215. The number of aryl methyl sites for hydroxylation is 1. The SMILES string of the molecule is Cc1oc(-c2ccc(-n3cccn3)cc2)nc1CN1CC=C(c2ccc(OC(F)(F)F)cc2)CC1. The number of oxazole rings is 1. The highest BCUT2D eigenvalue weighted by atomic mass is 19.4. The quantitative estimate of drug-likeness (QED) is 0.338. The first-order chi connectivity index (χ1) is 16.8. The van der Waals surface area contributed by atoms with E-state index in [9.17, 15) is 13.2 Å². The minimum atomic E-state index is -4.69. The highest BCUT2D eigenvalue weighted by Crippen LogP contribution is 2.29. The van der Waals surface area contributed by atoms with Crippen LogP contribution >= 0.6 is 0 Å². The van der Waals surface area contributed by atoms with Crippen molar-refractivity contribution in [2.24, 2.45) is 0 Å². The molecule has 0 N–H and O–H groups in total. The molecule has 2 aromatic heterocycles. The Morgan fingerprint density at radius 1 is 1.03 bits per heavy atom. The van der Waals surface area contributed by atoms with Crippen LogP contribution in [0, 0.1) is 6.92 Å². The van der Waals surface area contributed by atoms with E-state index in [0.29, 0.717) is 12.4 Å². The van der Waals surface area contributed by atoms with E-state index in [0.717, 1.165) is 53.4 Å². The standard InChI is InChI=1S/C26H23F3N4O2/c1-18-24(31-25(34-18)21-3-7-22(8-4-21)33-14-2-13-30-33)17-32-15-11-20(12-16-32)19-5-9-23(10-6-19)35-26(27,28)29/h2-11,13-14H,12,15-17H2,1H3. The van der Waals surface area contributed by atoms with Crippen molar-refractivity contribution in [1.82, 2.24) is 19.7 Å². The number of hydrogen-bond donors (Lipinski definition) is 0. The van der Waals surface area contributed by atoms with E-state index in [2.05, 4.69) is 20.8 Å². The van der Waals surface area contributed by atoms with Gasteiger partial charge >= 0.3 is 6.36 Å². The number of halogens is 3. The lowest BCUT2D eigenvalue weighted by atomic mass is 9.99. The van der Waals surface area contributed by atoms with Gasteiger partial charge in [-0.25, -0.2) is 9.67 Å². The summed E-state index contributed by atoms with van der Waals surface area (Å²) in [5.41, 5.74) is 4.75. The highest BCUT2D eigenvalue weighted by molar-refractivity contribution is 5.67. The summed E-state index contributed by atoms with van der Waals surface area (Å²) in [6, 6.07) is 15.8. The molecular formula is C26H23F3N4O2. The van der Waals surface area contributed by atoms with Gasteiger partial charge in [0.25, 0.3) is 0 Å². The molecule has 5 rings (SSSR count). The zero-order chi connectivity index (χ0) is 24.4. The number of benzene rings is 2.